The topological polar surface area (TPSA) is 66.5 Å². The first-order chi connectivity index (χ1) is 10.4. The normalized spacial score (nSPS) is 17.1. The van der Waals surface area contributed by atoms with Crippen molar-refractivity contribution in [1.82, 2.24) is 9.62 Å². The standard InChI is InChI=1S/C15H19FN2O3S/c1-2-11-22(20,21)18-9-7-14(8-10-18)17-15(19)12-3-5-13(16)6-4-12/h2-6,14H,1,7-11H2,(H,17,19). The van der Waals surface area contributed by atoms with Crippen LogP contribution in [0.15, 0.2) is 36.9 Å². The molecule has 0 spiro atoms. The van der Waals surface area contributed by atoms with Gasteiger partial charge in [0.05, 0.1) is 5.75 Å². The van der Waals surface area contributed by atoms with E-state index in [4.69, 9.17) is 0 Å². The van der Waals surface area contributed by atoms with Gasteiger partial charge in [0.2, 0.25) is 10.0 Å². The van der Waals surface area contributed by atoms with E-state index in [1.54, 1.807) is 0 Å². The van der Waals surface area contributed by atoms with Gasteiger partial charge in [-0.3, -0.25) is 4.79 Å². The second-order valence-corrected chi connectivity index (χ2v) is 7.23. The van der Waals surface area contributed by atoms with Crippen molar-refractivity contribution in [2.24, 2.45) is 0 Å². The maximum atomic E-state index is 12.8. The molecule has 0 aromatic heterocycles. The third-order valence-electron chi connectivity index (χ3n) is 3.62. The minimum absolute atomic E-state index is 0.0698. The molecule has 7 heteroatoms. The lowest BCUT2D eigenvalue weighted by molar-refractivity contribution is 0.0924. The summed E-state index contributed by atoms with van der Waals surface area (Å²) < 4.78 is 38.1. The Morgan fingerprint density at radius 3 is 2.45 bits per heavy atom. The molecule has 0 unspecified atom stereocenters. The quantitative estimate of drug-likeness (QED) is 0.835. The smallest absolute Gasteiger partial charge is 0.251 e. The summed E-state index contributed by atoms with van der Waals surface area (Å²) in [5.41, 5.74) is 0.392. The zero-order valence-electron chi connectivity index (χ0n) is 12.2. The summed E-state index contributed by atoms with van der Waals surface area (Å²) in [6, 6.07) is 5.24. The van der Waals surface area contributed by atoms with E-state index in [1.807, 2.05) is 0 Å². The first kappa shape index (κ1) is 16.6. The molecule has 1 heterocycles. The van der Waals surface area contributed by atoms with Gasteiger partial charge in [0.25, 0.3) is 5.91 Å². The minimum Gasteiger partial charge on any atom is -0.349 e. The Morgan fingerprint density at radius 1 is 1.32 bits per heavy atom. The number of benzene rings is 1. The number of amides is 1. The van der Waals surface area contributed by atoms with Crippen LogP contribution in [0.5, 0.6) is 0 Å². The Morgan fingerprint density at radius 2 is 1.91 bits per heavy atom. The summed E-state index contributed by atoms with van der Waals surface area (Å²) >= 11 is 0. The minimum atomic E-state index is -3.28. The maximum absolute atomic E-state index is 12.8. The Bertz CT molecular complexity index is 635. The molecule has 1 aliphatic heterocycles. The molecule has 1 aromatic rings. The van der Waals surface area contributed by atoms with Crippen molar-refractivity contribution in [2.75, 3.05) is 18.8 Å². The van der Waals surface area contributed by atoms with Crippen molar-refractivity contribution in [3.05, 3.63) is 48.3 Å². The summed E-state index contributed by atoms with van der Waals surface area (Å²) in [5, 5.41) is 2.86. The number of hydrogen-bond donors (Lipinski definition) is 1. The van der Waals surface area contributed by atoms with Crippen molar-refractivity contribution in [3.63, 3.8) is 0 Å². The predicted molar refractivity (Wildman–Crippen MR) is 82.4 cm³/mol. The SMILES string of the molecule is C=CCS(=O)(=O)N1CCC(NC(=O)c2ccc(F)cc2)CC1. The average Bonchev–Trinajstić information content (AvgIpc) is 2.48. The second kappa shape index (κ2) is 7.02. The summed E-state index contributed by atoms with van der Waals surface area (Å²) in [7, 11) is -3.28. The van der Waals surface area contributed by atoms with Crippen LogP contribution in [-0.2, 0) is 10.0 Å². The Kier molecular flexibility index (Phi) is 5.31. The Hall–Kier alpha value is -1.73. The molecule has 120 valence electrons. The van der Waals surface area contributed by atoms with E-state index < -0.39 is 15.8 Å². The molecule has 0 radical (unpaired) electrons. The summed E-state index contributed by atoms with van der Waals surface area (Å²) in [4.78, 5) is 12.0. The zero-order valence-corrected chi connectivity index (χ0v) is 13.0. The summed E-state index contributed by atoms with van der Waals surface area (Å²) in [6.45, 7) is 4.20. The van der Waals surface area contributed by atoms with Gasteiger partial charge in [-0.25, -0.2) is 17.1 Å². The lowest BCUT2D eigenvalue weighted by atomic mass is 10.1. The fourth-order valence-electron chi connectivity index (χ4n) is 2.40. The van der Waals surface area contributed by atoms with Gasteiger partial charge in [-0.05, 0) is 37.1 Å². The molecule has 1 aromatic carbocycles. The summed E-state index contributed by atoms with van der Waals surface area (Å²) in [5.74, 6) is -0.732. The number of nitrogens with zero attached hydrogens (tertiary/aromatic N) is 1. The first-order valence-electron chi connectivity index (χ1n) is 7.07. The maximum Gasteiger partial charge on any atom is 0.251 e. The fraction of sp³-hybridized carbons (Fsp3) is 0.400. The number of carbonyl (C=O) groups excluding carboxylic acids is 1. The second-order valence-electron chi connectivity index (χ2n) is 5.22. The van der Waals surface area contributed by atoms with Gasteiger partial charge in [-0.1, -0.05) is 6.08 Å². The highest BCUT2D eigenvalue weighted by atomic mass is 32.2. The van der Waals surface area contributed by atoms with Crippen molar-refractivity contribution in [2.45, 2.75) is 18.9 Å². The molecule has 0 atom stereocenters. The first-order valence-corrected chi connectivity index (χ1v) is 8.68. The van der Waals surface area contributed by atoms with Gasteiger partial charge in [0.15, 0.2) is 0 Å². The van der Waals surface area contributed by atoms with E-state index in [2.05, 4.69) is 11.9 Å². The van der Waals surface area contributed by atoms with Crippen molar-refractivity contribution >= 4 is 15.9 Å². The van der Waals surface area contributed by atoms with Gasteiger partial charge in [-0.15, -0.1) is 6.58 Å². The van der Waals surface area contributed by atoms with Crippen LogP contribution in [-0.4, -0.2) is 43.5 Å². The lowest BCUT2D eigenvalue weighted by Crippen LogP contribution is -2.46. The molecule has 1 aliphatic rings. The molecule has 2 rings (SSSR count). The fourth-order valence-corrected chi connectivity index (χ4v) is 3.68. The zero-order chi connectivity index (χ0) is 16.2. The van der Waals surface area contributed by atoms with Crippen molar-refractivity contribution in [1.29, 1.82) is 0 Å². The van der Waals surface area contributed by atoms with Gasteiger partial charge < -0.3 is 5.32 Å². The van der Waals surface area contributed by atoms with Crippen LogP contribution in [0.1, 0.15) is 23.2 Å². The molecular weight excluding hydrogens is 307 g/mol. The van der Waals surface area contributed by atoms with E-state index in [1.165, 1.54) is 34.6 Å². The van der Waals surface area contributed by atoms with Crippen molar-refractivity contribution in [3.8, 4) is 0 Å². The van der Waals surface area contributed by atoms with E-state index in [-0.39, 0.29) is 17.7 Å². The van der Waals surface area contributed by atoms with E-state index in [9.17, 15) is 17.6 Å². The van der Waals surface area contributed by atoms with E-state index in [0.29, 0.717) is 31.5 Å². The molecule has 0 saturated carbocycles. The number of piperidine rings is 1. The number of sulfonamides is 1. The molecule has 22 heavy (non-hydrogen) atoms. The lowest BCUT2D eigenvalue weighted by Gasteiger charge is -2.31. The largest absolute Gasteiger partial charge is 0.349 e. The highest BCUT2D eigenvalue weighted by Gasteiger charge is 2.27. The molecule has 1 fully saturated rings. The van der Waals surface area contributed by atoms with Crippen LogP contribution in [0.3, 0.4) is 0 Å². The Labute approximate surface area is 129 Å². The monoisotopic (exact) mass is 326 g/mol. The van der Waals surface area contributed by atoms with E-state index in [0.717, 1.165) is 0 Å². The molecule has 0 bridgehead atoms. The number of hydrogen-bond acceptors (Lipinski definition) is 3. The van der Waals surface area contributed by atoms with Gasteiger partial charge >= 0.3 is 0 Å². The van der Waals surface area contributed by atoms with Crippen LogP contribution < -0.4 is 5.32 Å². The molecule has 1 saturated heterocycles. The number of nitrogens with one attached hydrogen (secondary N) is 1. The van der Waals surface area contributed by atoms with E-state index >= 15 is 0 Å². The third-order valence-corrected chi connectivity index (χ3v) is 5.43. The molecule has 1 amide bonds. The van der Waals surface area contributed by atoms with Crippen LogP contribution >= 0.6 is 0 Å². The number of halogens is 1. The third kappa shape index (κ3) is 4.14. The highest BCUT2D eigenvalue weighted by Crippen LogP contribution is 2.15. The number of rotatable bonds is 5. The highest BCUT2D eigenvalue weighted by molar-refractivity contribution is 7.89. The van der Waals surface area contributed by atoms with Crippen LogP contribution in [0.2, 0.25) is 0 Å². The molecule has 5 nitrogen and oxygen atoms in total. The van der Waals surface area contributed by atoms with Crippen LogP contribution in [0.25, 0.3) is 0 Å². The average molecular weight is 326 g/mol. The van der Waals surface area contributed by atoms with Gasteiger partial charge in [0.1, 0.15) is 5.82 Å². The molecular formula is C15H19FN2O3S. The van der Waals surface area contributed by atoms with Crippen LogP contribution in [0.4, 0.5) is 4.39 Å². The van der Waals surface area contributed by atoms with Gasteiger partial charge in [-0.2, -0.15) is 0 Å². The molecule has 1 N–H and O–H groups in total. The summed E-state index contributed by atoms with van der Waals surface area (Å²) in [6.07, 6.45) is 2.49. The predicted octanol–water partition coefficient (Wildman–Crippen LogP) is 1.54. The van der Waals surface area contributed by atoms with Gasteiger partial charge in [0, 0.05) is 24.7 Å². The Balaban J connectivity index is 1.88. The molecule has 0 aliphatic carbocycles. The van der Waals surface area contributed by atoms with Crippen molar-refractivity contribution < 1.29 is 17.6 Å². The van der Waals surface area contributed by atoms with Crippen LogP contribution in [0, 0.1) is 5.82 Å². The number of carbonyl (C=O) groups is 1.